The van der Waals surface area contributed by atoms with Gasteiger partial charge in [0.05, 0.1) is 12.1 Å². The molecule has 58 heavy (non-hydrogen) atoms. The molecule has 0 aromatic carbocycles. The van der Waals surface area contributed by atoms with Crippen LogP contribution in [-0.4, -0.2) is 88.4 Å². The molecule has 0 saturated heterocycles. The molecule has 0 aliphatic heterocycles. The van der Waals surface area contributed by atoms with Crippen LogP contribution >= 0.6 is 44.3 Å². The van der Waals surface area contributed by atoms with Gasteiger partial charge in [-0.2, -0.15) is 10.5 Å². The van der Waals surface area contributed by atoms with Gasteiger partial charge in [-0.3, -0.25) is 0 Å². The molecule has 0 spiro atoms. The van der Waals surface area contributed by atoms with Crippen LogP contribution in [0.3, 0.4) is 0 Å². The van der Waals surface area contributed by atoms with Gasteiger partial charge in [0.2, 0.25) is 0 Å². The van der Waals surface area contributed by atoms with Gasteiger partial charge in [-0.25, -0.2) is 0 Å². The van der Waals surface area contributed by atoms with Gasteiger partial charge in [-0.1, -0.05) is 135 Å². The van der Waals surface area contributed by atoms with Crippen molar-refractivity contribution in [2.24, 2.45) is 0 Å². The molecule has 348 valence electrons. The van der Waals surface area contributed by atoms with Gasteiger partial charge in [-0.15, -0.1) is 44.3 Å². The van der Waals surface area contributed by atoms with Crippen molar-refractivity contribution >= 4 is 75.8 Å². The largest absolute Gasteiger partial charge is 0.500 e. The molecular formula is C40H86Cl4N2O8Si4. The predicted octanol–water partition coefficient (Wildman–Crippen LogP) is 14.3. The molecule has 0 fully saturated rings. The molecule has 0 saturated carbocycles. The van der Waals surface area contributed by atoms with Crippen LogP contribution in [0, 0.1) is 22.7 Å². The lowest BCUT2D eigenvalue weighted by molar-refractivity contribution is 0.122. The topological polar surface area (TPSA) is 121 Å². The molecule has 0 unspecified atom stereocenters. The molecule has 0 radical (unpaired) electrons. The molecule has 0 heterocycles. The highest BCUT2D eigenvalue weighted by Crippen LogP contribution is 2.24. The van der Waals surface area contributed by atoms with Crippen molar-refractivity contribution in [2.45, 2.75) is 192 Å². The van der Waals surface area contributed by atoms with E-state index in [1.165, 1.54) is 136 Å². The van der Waals surface area contributed by atoms with E-state index in [2.05, 4.69) is 16.6 Å². The standard InChI is InChI=1S/C18H37NO3Si.C16H31Cl2NOSi.C4H12O3Si.C2H6Cl2OSi/c1-20-23(21-2,22-3)18-16-14-12-10-8-6-4-5-7-9-11-13-15-17-19;1-20-21(17,18)16-14-12-10-8-6-4-2-3-5-7-9-11-13-15-19;1-5-8(4,6-2)7-3;1-5-6(2,3)4/h4-16,18H2,1-3H3;2-14,16H2,1H3;1-4H3;1-2H3. The Morgan fingerprint density at radius 2 is 0.586 bits per heavy atom. The van der Waals surface area contributed by atoms with Crippen molar-refractivity contribution in [3.63, 3.8) is 0 Å². The highest BCUT2D eigenvalue weighted by atomic mass is 35.7. The Labute approximate surface area is 380 Å². The zero-order valence-electron chi connectivity index (χ0n) is 38.5. The van der Waals surface area contributed by atoms with Gasteiger partial charge in [-0.05, 0) is 31.9 Å². The first-order valence-corrected chi connectivity index (χ1v) is 34.2. The van der Waals surface area contributed by atoms with Crippen molar-refractivity contribution in [1.29, 1.82) is 10.5 Å². The van der Waals surface area contributed by atoms with Crippen LogP contribution in [0.15, 0.2) is 0 Å². The zero-order valence-corrected chi connectivity index (χ0v) is 45.5. The lowest BCUT2D eigenvalue weighted by Gasteiger charge is -2.24. The summed E-state index contributed by atoms with van der Waals surface area (Å²) in [5.41, 5.74) is 0. The van der Waals surface area contributed by atoms with Gasteiger partial charge >= 0.3 is 31.5 Å². The van der Waals surface area contributed by atoms with E-state index in [9.17, 15) is 0 Å². The van der Waals surface area contributed by atoms with E-state index in [1.807, 2.05) is 6.55 Å². The summed E-state index contributed by atoms with van der Waals surface area (Å²) in [6, 6.07) is 6.17. The highest BCUT2D eigenvalue weighted by Gasteiger charge is 2.36. The van der Waals surface area contributed by atoms with E-state index >= 15 is 0 Å². The molecule has 0 aromatic rings. The second-order valence-electron chi connectivity index (χ2n) is 14.4. The number of rotatable bonds is 36. The molecule has 0 N–H and O–H groups in total. The minimum atomic E-state index is -2.35. The van der Waals surface area contributed by atoms with Crippen LogP contribution in [0.2, 0.25) is 25.2 Å². The summed E-state index contributed by atoms with van der Waals surface area (Å²) in [5.74, 6) is 0. The van der Waals surface area contributed by atoms with Crippen LogP contribution in [0.4, 0.5) is 0 Å². The van der Waals surface area contributed by atoms with Crippen molar-refractivity contribution < 1.29 is 35.4 Å². The summed E-state index contributed by atoms with van der Waals surface area (Å²) in [6.45, 7) is -1.02. The van der Waals surface area contributed by atoms with Crippen molar-refractivity contribution in [3.8, 4) is 12.1 Å². The van der Waals surface area contributed by atoms with Gasteiger partial charge < -0.3 is 35.4 Å². The Kier molecular flexibility index (Phi) is 53.1. The summed E-state index contributed by atoms with van der Waals surface area (Å²) >= 11 is 22.9. The van der Waals surface area contributed by atoms with Crippen molar-refractivity contribution in [1.82, 2.24) is 0 Å². The fourth-order valence-electron chi connectivity index (χ4n) is 5.52. The normalized spacial score (nSPS) is 11.7. The zero-order chi connectivity index (χ0) is 44.9. The Morgan fingerprint density at radius 3 is 0.776 bits per heavy atom. The second kappa shape index (κ2) is 47.2. The minimum absolute atomic E-state index is 0.724. The number of halogens is 4. The third-order valence-electron chi connectivity index (χ3n) is 9.73. The second-order valence-corrected chi connectivity index (χ2v) is 33.8. The van der Waals surface area contributed by atoms with Crippen LogP contribution in [0.25, 0.3) is 0 Å². The van der Waals surface area contributed by atoms with Gasteiger partial charge in [0.25, 0.3) is 0 Å². The fourth-order valence-corrected chi connectivity index (χ4v) is 9.49. The molecule has 18 heteroatoms. The number of nitrogens with zero attached hydrogens (tertiary/aromatic N) is 2. The predicted molar refractivity (Wildman–Crippen MR) is 255 cm³/mol. The number of hydrogen-bond donors (Lipinski definition) is 0. The first-order chi connectivity index (χ1) is 27.6. The SMILES string of the molecule is CO[Si](C)(Cl)Cl.CO[Si](C)(OC)OC.CO[Si](CCCCCCCCCCCCCCC#N)(OC)OC.CO[Si](Cl)(Cl)CCCCCCCCCCCCCCC#N. The van der Waals surface area contributed by atoms with E-state index in [4.69, 9.17) is 85.8 Å². The Balaban J connectivity index is -0.000000379. The molecular weight excluding hydrogens is 891 g/mol. The van der Waals surface area contributed by atoms with Gasteiger partial charge in [0, 0.05) is 82.3 Å². The third-order valence-corrected chi connectivity index (χ3v) is 20.0. The third kappa shape index (κ3) is 51.0. The van der Waals surface area contributed by atoms with E-state index in [0.29, 0.717) is 0 Å². The van der Waals surface area contributed by atoms with E-state index in [1.54, 1.807) is 56.3 Å². The molecule has 10 nitrogen and oxygen atoms in total. The van der Waals surface area contributed by atoms with Crippen LogP contribution < -0.4 is 0 Å². The van der Waals surface area contributed by atoms with Gasteiger partial charge in [0.1, 0.15) is 0 Å². The highest BCUT2D eigenvalue weighted by molar-refractivity contribution is 7.42. The molecule has 0 aliphatic carbocycles. The molecule has 0 aromatic heterocycles. The maximum atomic E-state index is 8.45. The minimum Gasteiger partial charge on any atom is -0.396 e. The summed E-state index contributed by atoms with van der Waals surface area (Å²) in [6.07, 6.45) is 32.1. The van der Waals surface area contributed by atoms with Crippen LogP contribution in [0.1, 0.15) is 167 Å². The van der Waals surface area contributed by atoms with E-state index in [-0.39, 0.29) is 0 Å². The first kappa shape index (κ1) is 65.3. The molecule has 0 aliphatic rings. The van der Waals surface area contributed by atoms with Gasteiger partial charge in [0.15, 0.2) is 0 Å². The first-order valence-electron chi connectivity index (χ1n) is 21.5. The number of hydrogen-bond acceptors (Lipinski definition) is 10. The maximum absolute atomic E-state index is 8.45. The average Bonchev–Trinajstić information content (AvgIpc) is 3.22. The van der Waals surface area contributed by atoms with E-state index in [0.717, 1.165) is 50.6 Å². The number of nitriles is 2. The van der Waals surface area contributed by atoms with Crippen molar-refractivity contribution in [3.05, 3.63) is 0 Å². The smallest absolute Gasteiger partial charge is 0.396 e. The quantitative estimate of drug-likeness (QED) is 0.0341. The Bertz CT molecular complexity index is 912. The summed E-state index contributed by atoms with van der Waals surface area (Å²) < 4.78 is 40.8. The Morgan fingerprint density at radius 1 is 0.345 bits per heavy atom. The lowest BCUT2D eigenvalue weighted by atomic mass is 10.0. The molecule has 0 atom stereocenters. The maximum Gasteiger partial charge on any atom is 0.500 e. The fraction of sp³-hybridized carbons (Fsp3) is 0.950. The summed E-state index contributed by atoms with van der Waals surface area (Å²) in [5, 5.41) is 16.9. The van der Waals surface area contributed by atoms with Crippen molar-refractivity contribution in [2.75, 3.05) is 56.9 Å². The molecule has 0 bridgehead atoms. The lowest BCUT2D eigenvalue weighted by Crippen LogP contribution is -2.42. The molecule has 0 amide bonds. The van der Waals surface area contributed by atoms with Crippen LogP contribution in [0.5, 0.6) is 0 Å². The monoisotopic (exact) mass is 974 g/mol. The number of unbranched alkanes of at least 4 members (excludes halogenated alkanes) is 24. The summed E-state index contributed by atoms with van der Waals surface area (Å²) in [4.78, 5) is 0. The molecule has 0 rings (SSSR count). The summed E-state index contributed by atoms with van der Waals surface area (Å²) in [7, 11) is 8.40. The van der Waals surface area contributed by atoms with E-state index < -0.39 is 31.5 Å². The Hall–Kier alpha value is 0.688. The van der Waals surface area contributed by atoms with Crippen LogP contribution in [-0.2, 0) is 35.4 Å². The average molecular weight is 977 g/mol.